The van der Waals surface area contributed by atoms with E-state index in [2.05, 4.69) is 48.5 Å². The lowest BCUT2D eigenvalue weighted by molar-refractivity contribution is -0.138. The second-order valence-electron chi connectivity index (χ2n) is 12.6. The van der Waals surface area contributed by atoms with Crippen molar-refractivity contribution in [1.29, 1.82) is 0 Å². The van der Waals surface area contributed by atoms with E-state index in [1.807, 2.05) is 0 Å². The van der Waals surface area contributed by atoms with E-state index in [1.165, 1.54) is 51.4 Å². The van der Waals surface area contributed by atoms with Crippen LogP contribution in [0.1, 0.15) is 99.8 Å². The largest absolute Gasteiger partial charge is 0.382 e. The topological polar surface area (TPSA) is 36.9 Å². The highest BCUT2D eigenvalue weighted by molar-refractivity contribution is 5.06. The standard InChI is InChI=1S/C30H58O4/c1-9-29(5,6)26-15-16-30(7)25(24(4)12-10-11-23(2)3)13-14-27(30)28(26)34-22-21-33-20-19-32-18-17-31-8/h23-28H,9-22H2,1-8H3/t24-,25-,26+,27?,28-,30-/m1/s1. The van der Waals surface area contributed by atoms with E-state index in [0.29, 0.717) is 68.4 Å². The summed E-state index contributed by atoms with van der Waals surface area (Å²) in [4.78, 5) is 0. The van der Waals surface area contributed by atoms with Crippen molar-refractivity contribution in [3.05, 3.63) is 0 Å². The molecule has 0 bridgehead atoms. The molecule has 2 aliphatic carbocycles. The van der Waals surface area contributed by atoms with Gasteiger partial charge in [-0.3, -0.25) is 0 Å². The van der Waals surface area contributed by atoms with Gasteiger partial charge in [0.1, 0.15) is 0 Å². The zero-order chi connectivity index (χ0) is 25.2. The lowest BCUT2D eigenvalue weighted by Gasteiger charge is -2.53. The molecule has 34 heavy (non-hydrogen) atoms. The molecule has 0 aromatic carbocycles. The van der Waals surface area contributed by atoms with Gasteiger partial charge in [0.05, 0.1) is 45.7 Å². The van der Waals surface area contributed by atoms with Gasteiger partial charge >= 0.3 is 0 Å². The summed E-state index contributed by atoms with van der Waals surface area (Å²) in [6.07, 6.45) is 11.1. The van der Waals surface area contributed by atoms with Crippen LogP contribution in [-0.2, 0) is 18.9 Å². The third-order valence-electron chi connectivity index (χ3n) is 9.65. The van der Waals surface area contributed by atoms with Crippen molar-refractivity contribution in [2.75, 3.05) is 46.8 Å². The number of fused-ring (bicyclic) bond motifs is 1. The summed E-state index contributed by atoms with van der Waals surface area (Å²) >= 11 is 0. The fourth-order valence-electron chi connectivity index (χ4n) is 7.14. The summed E-state index contributed by atoms with van der Waals surface area (Å²) in [5, 5.41) is 0. The maximum absolute atomic E-state index is 6.76. The molecule has 6 atom stereocenters. The third-order valence-corrected chi connectivity index (χ3v) is 9.65. The number of hydrogen-bond acceptors (Lipinski definition) is 4. The highest BCUT2D eigenvalue weighted by atomic mass is 16.6. The van der Waals surface area contributed by atoms with Crippen LogP contribution in [0.25, 0.3) is 0 Å². The Labute approximate surface area is 212 Å². The Kier molecular flexibility index (Phi) is 12.9. The minimum Gasteiger partial charge on any atom is -0.382 e. The second kappa shape index (κ2) is 14.5. The molecule has 0 heterocycles. The SMILES string of the molecule is CCC(C)(C)[C@H]1CC[C@@]2(C)C(CC[C@@H]2[C@H](C)CCCC(C)C)[C@@H]1OCCOCCOCCOC. The summed E-state index contributed by atoms with van der Waals surface area (Å²) < 4.78 is 23.1. The molecule has 0 N–H and O–H groups in total. The Balaban J connectivity index is 1.95. The van der Waals surface area contributed by atoms with Gasteiger partial charge < -0.3 is 18.9 Å². The van der Waals surface area contributed by atoms with E-state index in [-0.39, 0.29) is 0 Å². The van der Waals surface area contributed by atoms with Crippen LogP contribution in [0.4, 0.5) is 0 Å². The van der Waals surface area contributed by atoms with Crippen LogP contribution in [0.2, 0.25) is 0 Å². The van der Waals surface area contributed by atoms with Crippen molar-refractivity contribution in [3.8, 4) is 0 Å². The van der Waals surface area contributed by atoms with Crippen molar-refractivity contribution >= 4 is 0 Å². The van der Waals surface area contributed by atoms with Gasteiger partial charge in [-0.2, -0.15) is 0 Å². The molecule has 4 heteroatoms. The Hall–Kier alpha value is -0.160. The Morgan fingerprint density at radius 2 is 1.53 bits per heavy atom. The van der Waals surface area contributed by atoms with Gasteiger partial charge in [0.15, 0.2) is 0 Å². The van der Waals surface area contributed by atoms with Gasteiger partial charge in [0, 0.05) is 7.11 Å². The van der Waals surface area contributed by atoms with Crippen molar-refractivity contribution < 1.29 is 18.9 Å². The van der Waals surface area contributed by atoms with Crippen LogP contribution in [0.5, 0.6) is 0 Å². The molecule has 0 amide bonds. The highest BCUT2D eigenvalue weighted by Gasteiger charge is 2.57. The maximum atomic E-state index is 6.76. The third kappa shape index (κ3) is 8.18. The molecule has 0 aromatic rings. The van der Waals surface area contributed by atoms with E-state index >= 15 is 0 Å². The monoisotopic (exact) mass is 482 g/mol. The molecule has 4 nitrogen and oxygen atoms in total. The summed E-state index contributed by atoms with van der Waals surface area (Å²) in [6, 6.07) is 0. The molecule has 1 unspecified atom stereocenters. The van der Waals surface area contributed by atoms with Crippen LogP contribution >= 0.6 is 0 Å². The zero-order valence-electron chi connectivity index (χ0n) is 24.0. The predicted molar refractivity (Wildman–Crippen MR) is 142 cm³/mol. The summed E-state index contributed by atoms with van der Waals surface area (Å²) in [5.41, 5.74) is 0.751. The molecule has 0 radical (unpaired) electrons. The first kappa shape index (κ1) is 30.1. The van der Waals surface area contributed by atoms with Crippen LogP contribution in [-0.4, -0.2) is 52.9 Å². The molecule has 202 valence electrons. The molecular weight excluding hydrogens is 424 g/mol. The molecule has 2 rings (SSSR count). The van der Waals surface area contributed by atoms with Crippen LogP contribution < -0.4 is 0 Å². The Morgan fingerprint density at radius 3 is 2.15 bits per heavy atom. The van der Waals surface area contributed by atoms with Gasteiger partial charge in [-0.1, -0.05) is 74.1 Å². The van der Waals surface area contributed by atoms with Crippen molar-refractivity contribution in [3.63, 3.8) is 0 Å². The second-order valence-corrected chi connectivity index (χ2v) is 12.6. The van der Waals surface area contributed by atoms with Crippen LogP contribution in [0.15, 0.2) is 0 Å². The van der Waals surface area contributed by atoms with Gasteiger partial charge in [-0.15, -0.1) is 0 Å². The lowest BCUT2D eigenvalue weighted by atomic mass is 9.55. The van der Waals surface area contributed by atoms with E-state index < -0.39 is 0 Å². The average Bonchev–Trinajstić information content (AvgIpc) is 3.14. The Morgan fingerprint density at radius 1 is 0.882 bits per heavy atom. The molecule has 2 saturated carbocycles. The smallest absolute Gasteiger partial charge is 0.0704 e. The molecule has 0 aromatic heterocycles. The molecule has 0 spiro atoms. The van der Waals surface area contributed by atoms with E-state index in [1.54, 1.807) is 7.11 Å². The summed E-state index contributed by atoms with van der Waals surface area (Å²) in [6.45, 7) is 21.0. The van der Waals surface area contributed by atoms with Gasteiger partial charge in [0.25, 0.3) is 0 Å². The maximum Gasteiger partial charge on any atom is 0.0704 e. The lowest BCUT2D eigenvalue weighted by Crippen LogP contribution is -2.51. The minimum atomic E-state index is 0.322. The first-order valence-corrected chi connectivity index (χ1v) is 14.4. The first-order chi connectivity index (χ1) is 16.2. The van der Waals surface area contributed by atoms with E-state index in [9.17, 15) is 0 Å². The van der Waals surface area contributed by atoms with Crippen molar-refractivity contribution in [2.45, 2.75) is 106 Å². The van der Waals surface area contributed by atoms with Crippen molar-refractivity contribution in [1.82, 2.24) is 0 Å². The first-order valence-electron chi connectivity index (χ1n) is 14.4. The summed E-state index contributed by atoms with van der Waals surface area (Å²) in [5.74, 6) is 3.83. The van der Waals surface area contributed by atoms with E-state index in [4.69, 9.17) is 18.9 Å². The normalized spacial score (nSPS) is 30.6. The molecule has 2 fully saturated rings. The van der Waals surface area contributed by atoms with Crippen LogP contribution in [0.3, 0.4) is 0 Å². The number of rotatable bonds is 17. The van der Waals surface area contributed by atoms with E-state index in [0.717, 1.165) is 17.8 Å². The predicted octanol–water partition coefficient (Wildman–Crippen LogP) is 7.39. The number of ether oxygens (including phenoxy) is 4. The minimum absolute atomic E-state index is 0.322. The molecule has 0 aliphatic heterocycles. The Bertz CT molecular complexity index is 548. The van der Waals surface area contributed by atoms with Crippen LogP contribution in [0, 0.1) is 40.4 Å². The molecular formula is C30H58O4. The van der Waals surface area contributed by atoms with Gasteiger partial charge in [0.2, 0.25) is 0 Å². The van der Waals surface area contributed by atoms with Crippen molar-refractivity contribution in [2.24, 2.45) is 40.4 Å². The highest BCUT2D eigenvalue weighted by Crippen LogP contribution is 2.62. The molecule has 0 saturated heterocycles. The number of methoxy groups -OCH3 is 1. The average molecular weight is 483 g/mol. The summed E-state index contributed by atoms with van der Waals surface area (Å²) in [7, 11) is 1.70. The fraction of sp³-hybridized carbons (Fsp3) is 1.00. The quantitative estimate of drug-likeness (QED) is 0.202. The van der Waals surface area contributed by atoms with Gasteiger partial charge in [-0.05, 0) is 66.1 Å². The fourth-order valence-corrected chi connectivity index (χ4v) is 7.14. The van der Waals surface area contributed by atoms with Gasteiger partial charge in [-0.25, -0.2) is 0 Å². The zero-order valence-corrected chi connectivity index (χ0v) is 24.0. The number of hydrogen-bond donors (Lipinski definition) is 0. The molecule has 2 aliphatic rings.